The van der Waals surface area contributed by atoms with Gasteiger partial charge in [0.15, 0.2) is 5.76 Å². The number of rotatable bonds is 6. The van der Waals surface area contributed by atoms with Gasteiger partial charge in [0.25, 0.3) is 5.91 Å². The number of likely N-dealkylation sites (N-methyl/N-ethyl adjacent to an activating group) is 1. The summed E-state index contributed by atoms with van der Waals surface area (Å²) in [5.41, 5.74) is 2.93. The van der Waals surface area contributed by atoms with Crippen LogP contribution in [0.4, 0.5) is 11.4 Å². The minimum Gasteiger partial charge on any atom is -0.451 e. The molecule has 0 aliphatic carbocycles. The molecule has 0 bridgehead atoms. The summed E-state index contributed by atoms with van der Waals surface area (Å²) in [6.45, 7) is 2.05. The first-order valence-electron chi connectivity index (χ1n) is 9.75. The first-order valence-corrected chi connectivity index (χ1v) is 11.0. The molecule has 6 heteroatoms. The van der Waals surface area contributed by atoms with Gasteiger partial charge in [0, 0.05) is 41.0 Å². The van der Waals surface area contributed by atoms with E-state index in [1.54, 1.807) is 17.8 Å². The van der Waals surface area contributed by atoms with Crippen molar-refractivity contribution in [1.29, 1.82) is 0 Å². The molecule has 1 unspecified atom stereocenters. The van der Waals surface area contributed by atoms with Crippen LogP contribution in [0.25, 0.3) is 11.3 Å². The summed E-state index contributed by atoms with van der Waals surface area (Å²) >= 11 is 1.66. The lowest BCUT2D eigenvalue weighted by Gasteiger charge is -2.19. The van der Waals surface area contributed by atoms with Crippen LogP contribution < -0.4 is 15.5 Å². The number of anilines is 2. The molecular weight excluding hydrogens is 382 g/mol. The molecule has 1 aliphatic heterocycles. The summed E-state index contributed by atoms with van der Waals surface area (Å²) in [7, 11) is 2.01. The van der Waals surface area contributed by atoms with E-state index in [2.05, 4.69) is 27.7 Å². The Bertz CT molecular complexity index is 984. The van der Waals surface area contributed by atoms with Crippen molar-refractivity contribution in [2.45, 2.75) is 17.4 Å². The monoisotopic (exact) mass is 407 g/mol. The standard InChI is InChI=1S/C23H25N3O2S/c1-24-17-13-14-26(15-17)18-9-7-16(8-10-18)25-23(27)21-12-11-20(28-21)19-5-3-4-6-22(19)29-2/h3-12,17,24H,13-15H2,1-2H3,(H,25,27). The summed E-state index contributed by atoms with van der Waals surface area (Å²) < 4.78 is 5.83. The molecule has 29 heavy (non-hydrogen) atoms. The molecule has 1 fully saturated rings. The molecule has 3 aromatic rings. The predicted octanol–water partition coefficient (Wildman–Crippen LogP) is 4.72. The van der Waals surface area contributed by atoms with Crippen LogP contribution in [0, 0.1) is 0 Å². The maximum absolute atomic E-state index is 12.6. The van der Waals surface area contributed by atoms with Gasteiger partial charge in [-0.25, -0.2) is 0 Å². The Kier molecular flexibility index (Phi) is 5.92. The molecule has 1 aromatic heterocycles. The Morgan fingerprint density at radius 2 is 1.90 bits per heavy atom. The summed E-state index contributed by atoms with van der Waals surface area (Å²) in [5.74, 6) is 0.752. The molecule has 2 heterocycles. The Balaban J connectivity index is 1.43. The van der Waals surface area contributed by atoms with Crippen LogP contribution >= 0.6 is 11.8 Å². The fourth-order valence-electron chi connectivity index (χ4n) is 3.63. The third-order valence-corrected chi connectivity index (χ3v) is 6.08. The van der Waals surface area contributed by atoms with Gasteiger partial charge in [-0.1, -0.05) is 18.2 Å². The molecule has 2 N–H and O–H groups in total. The van der Waals surface area contributed by atoms with Gasteiger partial charge in [-0.3, -0.25) is 4.79 Å². The van der Waals surface area contributed by atoms with Crippen molar-refractivity contribution in [3.8, 4) is 11.3 Å². The highest BCUT2D eigenvalue weighted by Crippen LogP contribution is 2.31. The number of benzene rings is 2. The number of nitrogens with zero attached hydrogens (tertiary/aromatic N) is 1. The van der Waals surface area contributed by atoms with Crippen LogP contribution in [0.5, 0.6) is 0 Å². The smallest absolute Gasteiger partial charge is 0.291 e. The van der Waals surface area contributed by atoms with E-state index < -0.39 is 0 Å². The van der Waals surface area contributed by atoms with Crippen LogP contribution in [0.2, 0.25) is 0 Å². The van der Waals surface area contributed by atoms with Crippen molar-refractivity contribution in [3.05, 3.63) is 66.4 Å². The number of thioether (sulfide) groups is 1. The number of amides is 1. The number of hydrogen-bond acceptors (Lipinski definition) is 5. The van der Waals surface area contributed by atoms with Crippen molar-refractivity contribution in [3.63, 3.8) is 0 Å². The zero-order valence-electron chi connectivity index (χ0n) is 16.6. The van der Waals surface area contributed by atoms with E-state index in [-0.39, 0.29) is 5.91 Å². The average Bonchev–Trinajstić information content (AvgIpc) is 3.44. The van der Waals surface area contributed by atoms with Crippen LogP contribution in [-0.2, 0) is 0 Å². The van der Waals surface area contributed by atoms with Crippen LogP contribution in [0.15, 0.2) is 70.0 Å². The number of carbonyl (C=O) groups is 1. The Hall–Kier alpha value is -2.70. The number of hydrogen-bond donors (Lipinski definition) is 2. The van der Waals surface area contributed by atoms with Crippen molar-refractivity contribution >= 4 is 29.0 Å². The first-order chi connectivity index (χ1) is 14.2. The van der Waals surface area contributed by atoms with Crippen molar-refractivity contribution in [2.75, 3.05) is 36.6 Å². The highest BCUT2D eigenvalue weighted by atomic mass is 32.2. The molecule has 0 radical (unpaired) electrons. The van der Waals surface area contributed by atoms with E-state index in [1.807, 2.05) is 55.8 Å². The molecular formula is C23H25N3O2S. The maximum atomic E-state index is 12.6. The van der Waals surface area contributed by atoms with Gasteiger partial charge in [0.2, 0.25) is 0 Å². The lowest BCUT2D eigenvalue weighted by Crippen LogP contribution is -2.29. The summed E-state index contributed by atoms with van der Waals surface area (Å²) in [6.07, 6.45) is 3.18. The van der Waals surface area contributed by atoms with Crippen molar-refractivity contribution in [1.82, 2.24) is 5.32 Å². The Morgan fingerprint density at radius 3 is 2.62 bits per heavy atom. The Labute approximate surface area is 175 Å². The normalized spacial score (nSPS) is 16.2. The van der Waals surface area contributed by atoms with E-state index in [1.165, 1.54) is 5.69 Å². The van der Waals surface area contributed by atoms with Crippen LogP contribution in [-0.4, -0.2) is 38.3 Å². The molecule has 0 spiro atoms. The van der Waals surface area contributed by atoms with Crippen molar-refractivity contribution < 1.29 is 9.21 Å². The third kappa shape index (κ3) is 4.33. The molecule has 1 atom stereocenters. The third-order valence-electron chi connectivity index (χ3n) is 5.29. The second kappa shape index (κ2) is 8.76. The molecule has 4 rings (SSSR count). The van der Waals surface area contributed by atoms with Gasteiger partial charge in [-0.15, -0.1) is 11.8 Å². The minimum atomic E-state index is -0.248. The van der Waals surface area contributed by atoms with E-state index in [4.69, 9.17) is 4.42 Å². The highest BCUT2D eigenvalue weighted by molar-refractivity contribution is 7.98. The topological polar surface area (TPSA) is 57.5 Å². The molecule has 1 aliphatic rings. The second-order valence-electron chi connectivity index (χ2n) is 7.09. The largest absolute Gasteiger partial charge is 0.451 e. The molecule has 5 nitrogen and oxygen atoms in total. The average molecular weight is 408 g/mol. The van der Waals surface area contributed by atoms with E-state index >= 15 is 0 Å². The predicted molar refractivity (Wildman–Crippen MR) is 120 cm³/mol. The number of nitrogens with one attached hydrogen (secondary N) is 2. The maximum Gasteiger partial charge on any atom is 0.291 e. The van der Waals surface area contributed by atoms with Gasteiger partial charge >= 0.3 is 0 Å². The molecule has 0 saturated carbocycles. The molecule has 1 amide bonds. The highest BCUT2D eigenvalue weighted by Gasteiger charge is 2.21. The quantitative estimate of drug-likeness (QED) is 0.579. The fraction of sp³-hybridized carbons (Fsp3) is 0.261. The van der Waals surface area contributed by atoms with Crippen LogP contribution in [0.3, 0.4) is 0 Å². The lowest BCUT2D eigenvalue weighted by molar-refractivity contribution is 0.0997. The van der Waals surface area contributed by atoms with Gasteiger partial charge in [0.1, 0.15) is 5.76 Å². The van der Waals surface area contributed by atoms with Gasteiger partial charge in [0.05, 0.1) is 0 Å². The van der Waals surface area contributed by atoms with E-state index in [0.717, 1.165) is 35.7 Å². The summed E-state index contributed by atoms with van der Waals surface area (Å²) in [5, 5.41) is 6.25. The van der Waals surface area contributed by atoms with E-state index in [0.29, 0.717) is 17.6 Å². The SMILES string of the molecule is CNC1CCN(c2ccc(NC(=O)c3ccc(-c4ccccc4SC)o3)cc2)C1. The Morgan fingerprint density at radius 1 is 1.10 bits per heavy atom. The van der Waals surface area contributed by atoms with Crippen LogP contribution in [0.1, 0.15) is 17.0 Å². The minimum absolute atomic E-state index is 0.248. The van der Waals surface area contributed by atoms with E-state index in [9.17, 15) is 4.79 Å². The number of carbonyl (C=O) groups excluding carboxylic acids is 1. The number of furan rings is 1. The summed E-state index contributed by atoms with van der Waals surface area (Å²) in [6, 6.07) is 20.1. The molecule has 2 aromatic carbocycles. The molecule has 1 saturated heterocycles. The van der Waals surface area contributed by atoms with Gasteiger partial charge in [-0.05, 0) is 62.2 Å². The first kappa shape index (κ1) is 19.6. The second-order valence-corrected chi connectivity index (χ2v) is 7.93. The molecule has 150 valence electrons. The van der Waals surface area contributed by atoms with Crippen molar-refractivity contribution in [2.24, 2.45) is 0 Å². The summed E-state index contributed by atoms with van der Waals surface area (Å²) in [4.78, 5) is 16.1. The zero-order valence-corrected chi connectivity index (χ0v) is 17.5. The van der Waals surface area contributed by atoms with Gasteiger partial charge in [-0.2, -0.15) is 0 Å². The van der Waals surface area contributed by atoms with Gasteiger partial charge < -0.3 is 20.0 Å². The lowest BCUT2D eigenvalue weighted by atomic mass is 10.2. The zero-order chi connectivity index (χ0) is 20.2. The fourth-order valence-corrected chi connectivity index (χ4v) is 4.23.